The van der Waals surface area contributed by atoms with Crippen LogP contribution in [-0.2, 0) is 4.74 Å². The molecule has 1 unspecified atom stereocenters. The van der Waals surface area contributed by atoms with E-state index in [1.807, 2.05) is 0 Å². The lowest BCUT2D eigenvalue weighted by atomic mass is 10.1. The average Bonchev–Trinajstić information content (AvgIpc) is 2.51. The number of nitrogens with zero attached hydrogens (tertiary/aromatic N) is 1. The molecule has 1 aromatic carbocycles. The Kier molecular flexibility index (Phi) is 4.43. The predicted molar refractivity (Wildman–Crippen MR) is 80.7 cm³/mol. The van der Waals surface area contributed by atoms with Crippen LogP contribution in [0.5, 0.6) is 5.75 Å². The van der Waals surface area contributed by atoms with E-state index in [-0.39, 0.29) is 6.10 Å². The van der Waals surface area contributed by atoms with Crippen molar-refractivity contribution >= 4 is 5.69 Å². The van der Waals surface area contributed by atoms with E-state index in [1.165, 1.54) is 11.3 Å². The third kappa shape index (κ3) is 3.25. The van der Waals surface area contributed by atoms with Gasteiger partial charge in [-0.15, -0.1) is 0 Å². The Morgan fingerprint density at radius 1 is 1.30 bits per heavy atom. The molecule has 1 N–H and O–H groups in total. The Hall–Kier alpha value is -1.26. The Balaban J connectivity index is 1.77. The van der Waals surface area contributed by atoms with Gasteiger partial charge >= 0.3 is 0 Å². The van der Waals surface area contributed by atoms with Crippen molar-refractivity contribution in [3.8, 4) is 5.75 Å². The predicted octanol–water partition coefficient (Wildman–Crippen LogP) is 1.96. The van der Waals surface area contributed by atoms with Gasteiger partial charge in [0.05, 0.1) is 12.3 Å². The summed E-state index contributed by atoms with van der Waals surface area (Å²) in [6, 6.07) is 6.48. The van der Waals surface area contributed by atoms with Crippen molar-refractivity contribution in [2.24, 2.45) is 0 Å². The van der Waals surface area contributed by atoms with E-state index in [0.29, 0.717) is 0 Å². The van der Waals surface area contributed by atoms with Gasteiger partial charge in [-0.25, -0.2) is 0 Å². The molecule has 0 radical (unpaired) electrons. The maximum Gasteiger partial charge on any atom is 0.143 e. The van der Waals surface area contributed by atoms with Crippen molar-refractivity contribution in [3.05, 3.63) is 23.8 Å². The van der Waals surface area contributed by atoms with Gasteiger partial charge in [0.1, 0.15) is 11.9 Å². The van der Waals surface area contributed by atoms with Crippen LogP contribution in [0.15, 0.2) is 18.2 Å². The van der Waals surface area contributed by atoms with Crippen molar-refractivity contribution in [2.75, 3.05) is 44.3 Å². The first-order valence-corrected chi connectivity index (χ1v) is 7.63. The number of hydrogen-bond acceptors (Lipinski definition) is 4. The monoisotopic (exact) mass is 276 g/mol. The molecule has 2 fully saturated rings. The summed E-state index contributed by atoms with van der Waals surface area (Å²) < 4.78 is 11.7. The zero-order valence-corrected chi connectivity index (χ0v) is 12.2. The van der Waals surface area contributed by atoms with E-state index in [0.717, 1.165) is 58.0 Å². The Morgan fingerprint density at radius 3 is 2.90 bits per heavy atom. The highest BCUT2D eigenvalue weighted by Crippen LogP contribution is 2.31. The number of piperazine rings is 1. The second kappa shape index (κ2) is 6.46. The number of anilines is 1. The third-order valence-electron chi connectivity index (χ3n) is 3.98. The van der Waals surface area contributed by atoms with Crippen LogP contribution in [0.25, 0.3) is 0 Å². The van der Waals surface area contributed by atoms with Crippen molar-refractivity contribution in [1.82, 2.24) is 5.32 Å². The molecule has 4 nitrogen and oxygen atoms in total. The van der Waals surface area contributed by atoms with Crippen molar-refractivity contribution in [3.63, 3.8) is 0 Å². The minimum atomic E-state index is 0.202. The molecule has 2 heterocycles. The number of rotatable bonds is 3. The van der Waals surface area contributed by atoms with Gasteiger partial charge in [-0.1, -0.05) is 6.07 Å². The fourth-order valence-electron chi connectivity index (χ4n) is 2.86. The topological polar surface area (TPSA) is 33.7 Å². The molecule has 0 saturated carbocycles. The van der Waals surface area contributed by atoms with Crippen molar-refractivity contribution < 1.29 is 9.47 Å². The molecule has 0 aromatic heterocycles. The largest absolute Gasteiger partial charge is 0.486 e. The minimum Gasteiger partial charge on any atom is -0.486 e. The second-order valence-electron chi connectivity index (χ2n) is 5.67. The summed E-state index contributed by atoms with van der Waals surface area (Å²) in [5.41, 5.74) is 2.52. The number of aryl methyl sites for hydroxylation is 1. The lowest BCUT2D eigenvalue weighted by molar-refractivity contribution is 0.00761. The summed E-state index contributed by atoms with van der Waals surface area (Å²) in [6.45, 7) is 7.90. The smallest absolute Gasteiger partial charge is 0.143 e. The molecule has 0 aliphatic carbocycles. The first kappa shape index (κ1) is 13.7. The van der Waals surface area contributed by atoms with Gasteiger partial charge in [0.2, 0.25) is 0 Å². The molecule has 1 atom stereocenters. The van der Waals surface area contributed by atoms with Crippen LogP contribution >= 0.6 is 0 Å². The Bertz CT molecular complexity index is 438. The molecule has 1 aromatic rings. The van der Waals surface area contributed by atoms with Gasteiger partial charge in [0.15, 0.2) is 0 Å². The van der Waals surface area contributed by atoms with Crippen LogP contribution in [0.1, 0.15) is 18.4 Å². The summed E-state index contributed by atoms with van der Waals surface area (Å²) in [6.07, 6.45) is 2.39. The molecular weight excluding hydrogens is 252 g/mol. The van der Waals surface area contributed by atoms with Gasteiger partial charge in [-0.2, -0.15) is 0 Å². The zero-order valence-electron chi connectivity index (χ0n) is 12.2. The maximum absolute atomic E-state index is 6.21. The van der Waals surface area contributed by atoms with E-state index >= 15 is 0 Å². The molecule has 0 spiro atoms. The zero-order chi connectivity index (χ0) is 13.8. The highest BCUT2D eigenvalue weighted by atomic mass is 16.5. The van der Waals surface area contributed by atoms with Crippen molar-refractivity contribution in [1.29, 1.82) is 0 Å². The quantitative estimate of drug-likeness (QED) is 0.915. The number of nitrogens with one attached hydrogen (secondary N) is 1. The first-order chi connectivity index (χ1) is 9.83. The molecule has 3 rings (SSSR count). The molecule has 2 saturated heterocycles. The molecule has 0 bridgehead atoms. The van der Waals surface area contributed by atoms with Gasteiger partial charge < -0.3 is 19.7 Å². The minimum absolute atomic E-state index is 0.202. The summed E-state index contributed by atoms with van der Waals surface area (Å²) in [4.78, 5) is 2.42. The standard InChI is InChI=1S/C16H24N2O2/c1-13-4-5-16(20-14-3-2-10-19-12-14)15(11-13)18-8-6-17-7-9-18/h4-5,11,14,17H,2-3,6-10,12H2,1H3. The van der Waals surface area contributed by atoms with E-state index in [1.54, 1.807) is 0 Å². The van der Waals surface area contributed by atoms with Crippen LogP contribution in [0, 0.1) is 6.92 Å². The number of benzene rings is 1. The van der Waals surface area contributed by atoms with Gasteiger partial charge in [-0.3, -0.25) is 0 Å². The highest BCUT2D eigenvalue weighted by molar-refractivity contribution is 5.60. The lowest BCUT2D eigenvalue weighted by Crippen LogP contribution is -2.43. The fraction of sp³-hybridized carbons (Fsp3) is 0.625. The molecule has 0 amide bonds. The molecular formula is C16H24N2O2. The molecule has 4 heteroatoms. The summed E-state index contributed by atoms with van der Waals surface area (Å²) >= 11 is 0. The summed E-state index contributed by atoms with van der Waals surface area (Å²) in [7, 11) is 0. The fourth-order valence-corrected chi connectivity index (χ4v) is 2.86. The number of hydrogen-bond donors (Lipinski definition) is 1. The normalized spacial score (nSPS) is 23.6. The number of ether oxygens (including phenoxy) is 2. The average molecular weight is 276 g/mol. The van der Waals surface area contributed by atoms with Gasteiger partial charge in [0.25, 0.3) is 0 Å². The SMILES string of the molecule is Cc1ccc(OC2CCCOC2)c(N2CCNCC2)c1. The Morgan fingerprint density at radius 2 is 2.15 bits per heavy atom. The van der Waals surface area contributed by atoms with Crippen molar-refractivity contribution in [2.45, 2.75) is 25.9 Å². The Labute approximate surface area is 121 Å². The van der Waals surface area contributed by atoms with E-state index in [9.17, 15) is 0 Å². The molecule has 2 aliphatic rings. The lowest BCUT2D eigenvalue weighted by Gasteiger charge is -2.32. The van der Waals surface area contributed by atoms with Crippen LogP contribution in [0.3, 0.4) is 0 Å². The maximum atomic E-state index is 6.21. The summed E-state index contributed by atoms with van der Waals surface area (Å²) in [5.74, 6) is 1.01. The van der Waals surface area contributed by atoms with Crippen LogP contribution in [-0.4, -0.2) is 45.5 Å². The third-order valence-corrected chi connectivity index (χ3v) is 3.98. The van der Waals surface area contributed by atoms with Crippen LogP contribution in [0.4, 0.5) is 5.69 Å². The molecule has 2 aliphatic heterocycles. The summed E-state index contributed by atoms with van der Waals surface area (Å²) in [5, 5.41) is 3.40. The van der Waals surface area contributed by atoms with E-state index in [4.69, 9.17) is 9.47 Å². The first-order valence-electron chi connectivity index (χ1n) is 7.63. The van der Waals surface area contributed by atoms with Crippen LogP contribution in [0.2, 0.25) is 0 Å². The van der Waals surface area contributed by atoms with E-state index < -0.39 is 0 Å². The van der Waals surface area contributed by atoms with Gasteiger partial charge in [0, 0.05) is 32.8 Å². The second-order valence-corrected chi connectivity index (χ2v) is 5.67. The van der Waals surface area contributed by atoms with Crippen LogP contribution < -0.4 is 15.0 Å². The highest BCUT2D eigenvalue weighted by Gasteiger charge is 2.20. The molecule has 110 valence electrons. The van der Waals surface area contributed by atoms with Gasteiger partial charge in [-0.05, 0) is 37.5 Å². The molecule has 20 heavy (non-hydrogen) atoms. The van der Waals surface area contributed by atoms with E-state index in [2.05, 4.69) is 35.3 Å².